The van der Waals surface area contributed by atoms with Crippen molar-refractivity contribution < 1.29 is 19.4 Å². The topological polar surface area (TPSA) is 139 Å². The lowest BCUT2D eigenvalue weighted by Crippen LogP contribution is -2.31. The first-order valence-corrected chi connectivity index (χ1v) is 9.87. The number of aromatic nitrogens is 2. The number of phenolic OH excluding ortho intramolecular Hbond substituents is 1. The van der Waals surface area contributed by atoms with Gasteiger partial charge in [-0.1, -0.05) is 12.1 Å². The van der Waals surface area contributed by atoms with Gasteiger partial charge in [-0.25, -0.2) is 5.43 Å². The van der Waals surface area contributed by atoms with E-state index in [1.807, 2.05) is 6.07 Å². The van der Waals surface area contributed by atoms with E-state index in [1.54, 1.807) is 43.3 Å². The Morgan fingerprint density at radius 3 is 2.76 bits per heavy atom. The van der Waals surface area contributed by atoms with Crippen molar-refractivity contribution in [2.75, 3.05) is 13.7 Å². The van der Waals surface area contributed by atoms with Crippen LogP contribution in [0, 0.1) is 18.3 Å². The molecule has 2 N–H and O–H groups in total. The predicted octanol–water partition coefficient (Wildman–Crippen LogP) is 2.29. The van der Waals surface area contributed by atoms with E-state index in [9.17, 15) is 20.0 Å². The summed E-state index contributed by atoms with van der Waals surface area (Å²) in [4.78, 5) is 25.6. The Labute approximate surface area is 189 Å². The molecule has 1 aromatic heterocycles. The summed E-state index contributed by atoms with van der Waals surface area (Å²) in [5.74, 6) is -0.0947. The van der Waals surface area contributed by atoms with Crippen molar-refractivity contribution in [3.8, 4) is 29.0 Å². The zero-order chi connectivity index (χ0) is 24.0. The van der Waals surface area contributed by atoms with E-state index in [0.717, 1.165) is 4.68 Å². The molecule has 0 bridgehead atoms. The fourth-order valence-electron chi connectivity index (χ4n) is 3.02. The van der Waals surface area contributed by atoms with Crippen molar-refractivity contribution in [3.63, 3.8) is 0 Å². The molecule has 0 radical (unpaired) electrons. The molecule has 0 fully saturated rings. The van der Waals surface area contributed by atoms with Gasteiger partial charge in [0.1, 0.15) is 23.1 Å². The summed E-state index contributed by atoms with van der Waals surface area (Å²) in [7, 11) is 1.44. The number of nitriles is 1. The minimum absolute atomic E-state index is 0.0134. The van der Waals surface area contributed by atoms with Crippen molar-refractivity contribution in [1.82, 2.24) is 15.2 Å². The number of amides is 1. The number of carbonyl (C=O) groups is 1. The van der Waals surface area contributed by atoms with Crippen molar-refractivity contribution in [2.45, 2.75) is 13.8 Å². The molecular weight excluding hydrogens is 426 g/mol. The fourth-order valence-corrected chi connectivity index (χ4v) is 3.02. The van der Waals surface area contributed by atoms with Crippen molar-refractivity contribution in [2.24, 2.45) is 5.10 Å². The van der Waals surface area contributed by atoms with Gasteiger partial charge in [-0.15, -0.1) is 0 Å². The average Bonchev–Trinajstić information content (AvgIpc) is 2.81. The largest absolute Gasteiger partial charge is 0.504 e. The summed E-state index contributed by atoms with van der Waals surface area (Å²) >= 11 is 0. The second kappa shape index (κ2) is 10.1. The number of ether oxygens (including phenoxy) is 2. The van der Waals surface area contributed by atoms with E-state index in [0.29, 0.717) is 17.9 Å². The molecule has 3 rings (SSSR count). The number of para-hydroxylation sites is 2. The summed E-state index contributed by atoms with van der Waals surface area (Å²) in [6, 6.07) is 13.1. The molecule has 1 amide bonds. The van der Waals surface area contributed by atoms with Crippen LogP contribution in [0.3, 0.4) is 0 Å². The van der Waals surface area contributed by atoms with Crippen molar-refractivity contribution in [3.05, 3.63) is 75.2 Å². The van der Waals surface area contributed by atoms with Gasteiger partial charge in [0.05, 0.1) is 19.9 Å². The highest BCUT2D eigenvalue weighted by Crippen LogP contribution is 2.26. The molecule has 168 valence electrons. The maximum absolute atomic E-state index is 12.8. The second-order valence-electron chi connectivity index (χ2n) is 6.71. The molecule has 0 spiro atoms. The van der Waals surface area contributed by atoms with Gasteiger partial charge in [0, 0.05) is 5.56 Å². The second-order valence-corrected chi connectivity index (χ2v) is 6.71. The molecule has 0 saturated heterocycles. The third kappa shape index (κ3) is 4.83. The lowest BCUT2D eigenvalue weighted by atomic mass is 10.1. The van der Waals surface area contributed by atoms with Crippen molar-refractivity contribution in [1.29, 1.82) is 5.26 Å². The maximum atomic E-state index is 12.8. The smallest absolute Gasteiger partial charge is 0.292 e. The number of hydrazone groups is 1. The van der Waals surface area contributed by atoms with E-state index in [4.69, 9.17) is 9.47 Å². The van der Waals surface area contributed by atoms with Crippen LogP contribution in [0.1, 0.15) is 34.1 Å². The van der Waals surface area contributed by atoms with Crippen LogP contribution in [0.5, 0.6) is 17.2 Å². The number of nitrogens with one attached hydrogen (secondary N) is 1. The molecule has 10 heteroatoms. The summed E-state index contributed by atoms with van der Waals surface area (Å²) in [5.41, 5.74) is 2.29. The SMILES string of the molecule is CCOc1cc(/C=N/NC(=O)c2nn(-c3ccccc3OC)c(=O)c(C#N)c2C)ccc1O. The number of hydrogen-bond acceptors (Lipinski definition) is 8. The first-order valence-electron chi connectivity index (χ1n) is 9.87. The number of phenols is 1. The Balaban J connectivity index is 1.95. The monoisotopic (exact) mass is 447 g/mol. The van der Waals surface area contributed by atoms with Gasteiger partial charge in [0.2, 0.25) is 0 Å². The molecule has 1 heterocycles. The molecule has 0 aliphatic heterocycles. The van der Waals surface area contributed by atoms with Crippen LogP contribution in [0.25, 0.3) is 5.69 Å². The molecule has 33 heavy (non-hydrogen) atoms. The molecule has 0 aliphatic rings. The highest BCUT2D eigenvalue weighted by atomic mass is 16.5. The summed E-state index contributed by atoms with van der Waals surface area (Å²) in [6.07, 6.45) is 1.36. The van der Waals surface area contributed by atoms with Crippen LogP contribution in [0.2, 0.25) is 0 Å². The first-order chi connectivity index (χ1) is 15.9. The van der Waals surface area contributed by atoms with Gasteiger partial charge >= 0.3 is 0 Å². The van der Waals surface area contributed by atoms with E-state index >= 15 is 0 Å². The molecule has 10 nitrogen and oxygen atoms in total. The van der Waals surface area contributed by atoms with E-state index in [-0.39, 0.29) is 34.0 Å². The van der Waals surface area contributed by atoms with Crippen LogP contribution < -0.4 is 20.5 Å². The van der Waals surface area contributed by atoms with Gasteiger partial charge in [-0.3, -0.25) is 9.59 Å². The third-order valence-electron chi connectivity index (χ3n) is 4.64. The predicted molar refractivity (Wildman–Crippen MR) is 120 cm³/mol. The number of carbonyl (C=O) groups excluding carboxylic acids is 1. The normalized spacial score (nSPS) is 10.6. The van der Waals surface area contributed by atoms with Gasteiger partial charge in [0.25, 0.3) is 11.5 Å². The van der Waals surface area contributed by atoms with Crippen LogP contribution >= 0.6 is 0 Å². The molecule has 3 aromatic rings. The van der Waals surface area contributed by atoms with Gasteiger partial charge in [-0.05, 0) is 49.7 Å². The fraction of sp³-hybridized carbons (Fsp3) is 0.174. The zero-order valence-corrected chi connectivity index (χ0v) is 18.2. The standard InChI is InChI=1S/C23H21N5O5/c1-4-33-20-11-15(9-10-18(20)29)13-25-26-22(30)21-14(2)16(12-24)23(31)28(27-21)17-7-5-6-8-19(17)32-3/h5-11,13,29H,4H2,1-3H3,(H,26,30)/b25-13+. The van der Waals surface area contributed by atoms with Crippen LogP contribution in [0.15, 0.2) is 52.4 Å². The summed E-state index contributed by atoms with van der Waals surface area (Å²) < 4.78 is 11.5. The van der Waals surface area contributed by atoms with Gasteiger partial charge in [0.15, 0.2) is 17.2 Å². The summed E-state index contributed by atoms with van der Waals surface area (Å²) in [5, 5.41) is 27.4. The zero-order valence-electron chi connectivity index (χ0n) is 18.2. The highest BCUT2D eigenvalue weighted by Gasteiger charge is 2.21. The number of rotatable bonds is 7. The number of hydrogen-bond donors (Lipinski definition) is 2. The van der Waals surface area contributed by atoms with E-state index < -0.39 is 11.5 Å². The molecule has 0 unspecified atom stereocenters. The maximum Gasteiger partial charge on any atom is 0.292 e. The molecule has 0 aliphatic carbocycles. The van der Waals surface area contributed by atoms with E-state index in [1.165, 1.54) is 26.3 Å². The minimum Gasteiger partial charge on any atom is -0.504 e. The Bertz CT molecular complexity index is 1320. The Morgan fingerprint density at radius 1 is 1.30 bits per heavy atom. The average molecular weight is 447 g/mol. The minimum atomic E-state index is -0.715. The lowest BCUT2D eigenvalue weighted by molar-refractivity contribution is 0.0947. The number of aromatic hydroxyl groups is 1. The molecule has 2 aromatic carbocycles. The van der Waals surface area contributed by atoms with E-state index in [2.05, 4.69) is 15.6 Å². The Hall–Kier alpha value is -4.65. The van der Waals surface area contributed by atoms with Gasteiger partial charge in [-0.2, -0.15) is 20.1 Å². The quantitative estimate of drug-likeness (QED) is 0.418. The molecule has 0 atom stereocenters. The number of methoxy groups -OCH3 is 1. The highest BCUT2D eigenvalue weighted by molar-refractivity contribution is 5.94. The summed E-state index contributed by atoms with van der Waals surface area (Å²) in [6.45, 7) is 3.63. The number of nitrogens with zero attached hydrogens (tertiary/aromatic N) is 4. The van der Waals surface area contributed by atoms with Crippen molar-refractivity contribution >= 4 is 12.1 Å². The molecule has 0 saturated carbocycles. The van der Waals surface area contributed by atoms with Gasteiger partial charge < -0.3 is 14.6 Å². The Kier molecular flexibility index (Phi) is 7.05. The van der Waals surface area contributed by atoms with Crippen LogP contribution in [0.4, 0.5) is 0 Å². The first kappa shape index (κ1) is 23.0. The molecular formula is C23H21N5O5. The third-order valence-corrected chi connectivity index (χ3v) is 4.64. The van der Waals surface area contributed by atoms with Crippen LogP contribution in [-0.2, 0) is 0 Å². The number of benzene rings is 2. The van der Waals surface area contributed by atoms with Crippen LogP contribution in [-0.4, -0.2) is 40.7 Å². The lowest BCUT2D eigenvalue weighted by Gasteiger charge is -2.13. The Morgan fingerprint density at radius 2 is 2.06 bits per heavy atom.